The van der Waals surface area contributed by atoms with Gasteiger partial charge in [0.05, 0.1) is 6.61 Å². The Hall–Kier alpha value is -1.81. The van der Waals surface area contributed by atoms with Gasteiger partial charge in [0.15, 0.2) is 0 Å². The van der Waals surface area contributed by atoms with Crippen molar-refractivity contribution in [3.63, 3.8) is 0 Å². The average molecular weight is 273 g/mol. The lowest BCUT2D eigenvalue weighted by Crippen LogP contribution is -2.20. The first-order chi connectivity index (χ1) is 9.63. The van der Waals surface area contributed by atoms with Crippen LogP contribution in [0.4, 0.5) is 5.69 Å². The van der Waals surface area contributed by atoms with Crippen LogP contribution in [0, 0.1) is 6.92 Å². The second kappa shape index (κ2) is 6.57. The van der Waals surface area contributed by atoms with Crippen molar-refractivity contribution < 1.29 is 4.74 Å². The van der Waals surface area contributed by atoms with Crippen molar-refractivity contribution in [2.24, 2.45) is 0 Å². The highest BCUT2D eigenvalue weighted by Crippen LogP contribution is 2.31. The highest BCUT2D eigenvalue weighted by Gasteiger charge is 2.09. The summed E-state index contributed by atoms with van der Waals surface area (Å²) in [4.78, 5) is 6.55. The van der Waals surface area contributed by atoms with Crippen LogP contribution in [0.2, 0.25) is 0 Å². The minimum atomic E-state index is 0.628. The number of anilines is 1. The van der Waals surface area contributed by atoms with Gasteiger partial charge in [0.25, 0.3) is 0 Å². The fourth-order valence-corrected chi connectivity index (χ4v) is 2.26. The van der Waals surface area contributed by atoms with Crippen LogP contribution in [-0.2, 0) is 0 Å². The Balaban J connectivity index is 2.37. The predicted molar refractivity (Wildman–Crippen MR) is 84.7 cm³/mol. The molecule has 0 unspecified atom stereocenters. The summed E-state index contributed by atoms with van der Waals surface area (Å²) in [5.41, 5.74) is 2.31. The summed E-state index contributed by atoms with van der Waals surface area (Å²) >= 11 is 0. The first-order valence-electron chi connectivity index (χ1n) is 7.03. The molecule has 0 aliphatic carbocycles. The summed E-state index contributed by atoms with van der Waals surface area (Å²) in [5, 5.41) is 5.77. The van der Waals surface area contributed by atoms with Crippen LogP contribution in [0.25, 0.3) is 10.8 Å². The molecule has 1 aromatic carbocycles. The van der Waals surface area contributed by atoms with Crippen LogP contribution in [0.15, 0.2) is 24.4 Å². The number of hydrogen-bond acceptors (Lipinski definition) is 4. The molecule has 108 valence electrons. The molecule has 20 heavy (non-hydrogen) atoms. The zero-order valence-corrected chi connectivity index (χ0v) is 12.7. The summed E-state index contributed by atoms with van der Waals surface area (Å²) in [6, 6.07) is 6.22. The SMILES string of the molecule is CCOc1ncc(C)c2c(NCCN(C)C)cccc12. The molecule has 0 spiro atoms. The van der Waals surface area contributed by atoms with E-state index >= 15 is 0 Å². The molecule has 0 bridgehead atoms. The average Bonchev–Trinajstić information content (AvgIpc) is 2.42. The Kier molecular flexibility index (Phi) is 4.79. The van der Waals surface area contributed by atoms with Crippen LogP contribution < -0.4 is 10.1 Å². The normalized spacial score (nSPS) is 11.1. The third kappa shape index (κ3) is 3.20. The number of hydrogen-bond donors (Lipinski definition) is 1. The van der Waals surface area contributed by atoms with Crippen molar-refractivity contribution in [3.05, 3.63) is 30.0 Å². The summed E-state index contributed by atoms with van der Waals surface area (Å²) < 4.78 is 5.62. The molecule has 0 saturated heterocycles. The molecular formula is C16H23N3O. The summed E-state index contributed by atoms with van der Waals surface area (Å²) in [7, 11) is 4.15. The number of nitrogens with one attached hydrogen (secondary N) is 1. The van der Waals surface area contributed by atoms with Crippen molar-refractivity contribution in [2.45, 2.75) is 13.8 Å². The molecule has 1 heterocycles. The molecule has 1 aromatic heterocycles. The maximum atomic E-state index is 5.62. The lowest BCUT2D eigenvalue weighted by Gasteiger charge is -2.15. The maximum Gasteiger partial charge on any atom is 0.221 e. The Morgan fingerprint density at radius 1 is 1.30 bits per heavy atom. The van der Waals surface area contributed by atoms with Gasteiger partial charge >= 0.3 is 0 Å². The molecule has 1 N–H and O–H groups in total. The van der Waals surface area contributed by atoms with Crippen LogP contribution >= 0.6 is 0 Å². The number of pyridine rings is 1. The Bertz CT molecular complexity index is 581. The Labute approximate surface area is 120 Å². The van der Waals surface area contributed by atoms with E-state index in [-0.39, 0.29) is 0 Å². The highest BCUT2D eigenvalue weighted by atomic mass is 16.5. The number of ether oxygens (including phenoxy) is 1. The molecule has 4 heteroatoms. The van der Waals surface area contributed by atoms with E-state index in [1.807, 2.05) is 19.2 Å². The molecule has 2 rings (SSSR count). The van der Waals surface area contributed by atoms with Gasteiger partial charge in [-0.1, -0.05) is 6.07 Å². The summed E-state index contributed by atoms with van der Waals surface area (Å²) in [6.45, 7) is 6.61. The van der Waals surface area contributed by atoms with Gasteiger partial charge in [-0.05, 0) is 45.6 Å². The molecule has 2 aromatic rings. The van der Waals surface area contributed by atoms with E-state index in [1.54, 1.807) is 0 Å². The summed E-state index contributed by atoms with van der Waals surface area (Å²) in [6.07, 6.45) is 1.88. The largest absolute Gasteiger partial charge is 0.478 e. The standard InChI is InChI=1S/C16H23N3O/c1-5-20-16-13-7-6-8-14(17-9-10-19(3)4)15(13)12(2)11-18-16/h6-8,11,17H,5,9-10H2,1-4H3. The Morgan fingerprint density at radius 3 is 2.80 bits per heavy atom. The van der Waals surface area contributed by atoms with Gasteiger partial charge in [0.2, 0.25) is 5.88 Å². The van der Waals surface area contributed by atoms with Crippen molar-refractivity contribution in [1.82, 2.24) is 9.88 Å². The van der Waals surface area contributed by atoms with Crippen LogP contribution in [0.1, 0.15) is 12.5 Å². The molecule has 0 atom stereocenters. The first kappa shape index (κ1) is 14.6. The van der Waals surface area contributed by atoms with Gasteiger partial charge < -0.3 is 15.0 Å². The van der Waals surface area contributed by atoms with Crippen LogP contribution in [-0.4, -0.2) is 43.7 Å². The van der Waals surface area contributed by atoms with Crippen LogP contribution in [0.5, 0.6) is 5.88 Å². The van der Waals surface area contributed by atoms with Gasteiger partial charge in [0.1, 0.15) is 0 Å². The molecule has 0 amide bonds. The van der Waals surface area contributed by atoms with Crippen molar-refractivity contribution in [1.29, 1.82) is 0 Å². The van der Waals surface area contributed by atoms with Crippen molar-refractivity contribution >= 4 is 16.5 Å². The number of nitrogens with zero attached hydrogens (tertiary/aromatic N) is 2. The molecule has 0 fully saturated rings. The second-order valence-corrected chi connectivity index (χ2v) is 5.14. The number of benzene rings is 1. The topological polar surface area (TPSA) is 37.4 Å². The van der Waals surface area contributed by atoms with Gasteiger partial charge in [-0.15, -0.1) is 0 Å². The zero-order valence-electron chi connectivity index (χ0n) is 12.7. The number of rotatable bonds is 6. The fraction of sp³-hybridized carbons (Fsp3) is 0.438. The Morgan fingerprint density at radius 2 is 2.10 bits per heavy atom. The second-order valence-electron chi connectivity index (χ2n) is 5.14. The van der Waals surface area contributed by atoms with E-state index in [2.05, 4.69) is 48.4 Å². The van der Waals surface area contributed by atoms with E-state index in [9.17, 15) is 0 Å². The highest BCUT2D eigenvalue weighted by molar-refractivity contribution is 5.98. The quantitative estimate of drug-likeness (QED) is 0.878. The number of aromatic nitrogens is 1. The van der Waals surface area contributed by atoms with Gasteiger partial charge in [0, 0.05) is 35.7 Å². The monoisotopic (exact) mass is 273 g/mol. The number of likely N-dealkylation sites (N-methyl/N-ethyl adjacent to an activating group) is 1. The van der Waals surface area contributed by atoms with E-state index < -0.39 is 0 Å². The van der Waals surface area contributed by atoms with E-state index in [4.69, 9.17) is 4.74 Å². The first-order valence-corrected chi connectivity index (χ1v) is 7.03. The van der Waals surface area contributed by atoms with Gasteiger partial charge in [-0.3, -0.25) is 0 Å². The lowest BCUT2D eigenvalue weighted by atomic mass is 10.1. The van der Waals surface area contributed by atoms with Gasteiger partial charge in [-0.2, -0.15) is 0 Å². The van der Waals surface area contributed by atoms with E-state index in [1.165, 1.54) is 5.39 Å². The minimum Gasteiger partial charge on any atom is -0.478 e. The predicted octanol–water partition coefficient (Wildman–Crippen LogP) is 2.92. The van der Waals surface area contributed by atoms with E-state index in [0.29, 0.717) is 12.5 Å². The number of fused-ring (bicyclic) bond motifs is 1. The van der Waals surface area contributed by atoms with Crippen LogP contribution in [0.3, 0.4) is 0 Å². The third-order valence-electron chi connectivity index (χ3n) is 3.22. The molecule has 0 aliphatic heterocycles. The maximum absolute atomic E-state index is 5.62. The fourth-order valence-electron chi connectivity index (χ4n) is 2.26. The molecule has 0 radical (unpaired) electrons. The molecule has 4 nitrogen and oxygen atoms in total. The minimum absolute atomic E-state index is 0.628. The smallest absolute Gasteiger partial charge is 0.221 e. The van der Waals surface area contributed by atoms with Crippen molar-refractivity contribution in [2.75, 3.05) is 39.1 Å². The molecule has 0 aliphatic rings. The van der Waals surface area contributed by atoms with Gasteiger partial charge in [-0.25, -0.2) is 4.98 Å². The lowest BCUT2D eigenvalue weighted by molar-refractivity contribution is 0.331. The molecule has 0 saturated carbocycles. The zero-order chi connectivity index (χ0) is 14.5. The summed E-state index contributed by atoms with van der Waals surface area (Å²) in [5.74, 6) is 0.712. The number of aryl methyl sites for hydroxylation is 1. The molecular weight excluding hydrogens is 250 g/mol. The third-order valence-corrected chi connectivity index (χ3v) is 3.22. The van der Waals surface area contributed by atoms with E-state index in [0.717, 1.165) is 29.7 Å². The van der Waals surface area contributed by atoms with Crippen molar-refractivity contribution in [3.8, 4) is 5.88 Å².